The van der Waals surface area contributed by atoms with Crippen molar-refractivity contribution in [2.75, 3.05) is 6.54 Å². The van der Waals surface area contributed by atoms with Gasteiger partial charge in [-0.3, -0.25) is 4.79 Å². The number of hydrogen-bond donors (Lipinski definition) is 0. The van der Waals surface area contributed by atoms with E-state index in [1.165, 1.54) is 18.3 Å². The molecule has 0 radical (unpaired) electrons. The van der Waals surface area contributed by atoms with Gasteiger partial charge in [-0.15, -0.1) is 6.58 Å². The van der Waals surface area contributed by atoms with Crippen molar-refractivity contribution in [2.24, 2.45) is 0 Å². The lowest BCUT2D eigenvalue weighted by Gasteiger charge is -2.20. The summed E-state index contributed by atoms with van der Waals surface area (Å²) < 4.78 is 12.9. The molecule has 84 valence electrons. The van der Waals surface area contributed by atoms with Crippen LogP contribution in [0.5, 0.6) is 0 Å². The average molecular weight is 220 g/mol. The van der Waals surface area contributed by atoms with E-state index in [9.17, 15) is 9.18 Å². The SMILES string of the molecule is C=CCN(C(=O)c1ccnc(F)c1)C1CC1. The first-order chi connectivity index (χ1) is 7.72. The van der Waals surface area contributed by atoms with Crippen LogP contribution in [-0.2, 0) is 0 Å². The van der Waals surface area contributed by atoms with Crippen LogP contribution < -0.4 is 0 Å². The first-order valence-corrected chi connectivity index (χ1v) is 5.26. The topological polar surface area (TPSA) is 33.2 Å². The highest BCUT2D eigenvalue weighted by Crippen LogP contribution is 2.28. The second kappa shape index (κ2) is 4.43. The van der Waals surface area contributed by atoms with Crippen molar-refractivity contribution in [1.82, 2.24) is 9.88 Å². The van der Waals surface area contributed by atoms with Crippen LogP contribution in [0.2, 0.25) is 0 Å². The molecule has 3 nitrogen and oxygen atoms in total. The van der Waals surface area contributed by atoms with Gasteiger partial charge < -0.3 is 4.90 Å². The Morgan fingerprint density at radius 1 is 1.69 bits per heavy atom. The predicted molar refractivity (Wildman–Crippen MR) is 58.5 cm³/mol. The number of amides is 1. The first-order valence-electron chi connectivity index (χ1n) is 5.26. The van der Waals surface area contributed by atoms with E-state index >= 15 is 0 Å². The van der Waals surface area contributed by atoms with Gasteiger partial charge in [0.05, 0.1) is 0 Å². The van der Waals surface area contributed by atoms with Crippen molar-refractivity contribution in [2.45, 2.75) is 18.9 Å². The standard InChI is InChI=1S/C12H13FN2O/c1-2-7-15(10-3-4-10)12(16)9-5-6-14-11(13)8-9/h2,5-6,8,10H,1,3-4,7H2. The Balaban J connectivity index is 2.18. The number of nitrogens with zero attached hydrogens (tertiary/aromatic N) is 2. The molecule has 1 aromatic heterocycles. The first kappa shape index (κ1) is 10.8. The molecule has 0 N–H and O–H groups in total. The van der Waals surface area contributed by atoms with Gasteiger partial charge in [0, 0.05) is 30.4 Å². The molecule has 0 spiro atoms. The number of carbonyl (C=O) groups is 1. The lowest BCUT2D eigenvalue weighted by molar-refractivity contribution is 0.0762. The van der Waals surface area contributed by atoms with Crippen molar-refractivity contribution in [3.05, 3.63) is 42.5 Å². The fraction of sp³-hybridized carbons (Fsp3) is 0.333. The van der Waals surface area contributed by atoms with Crippen molar-refractivity contribution < 1.29 is 9.18 Å². The molecule has 1 heterocycles. The summed E-state index contributed by atoms with van der Waals surface area (Å²) in [5.74, 6) is -0.774. The van der Waals surface area contributed by atoms with E-state index in [1.807, 2.05) is 0 Å². The molecule has 1 aliphatic carbocycles. The minimum atomic E-state index is -0.625. The maximum Gasteiger partial charge on any atom is 0.254 e. The van der Waals surface area contributed by atoms with Gasteiger partial charge in [0.25, 0.3) is 5.91 Å². The third-order valence-electron chi connectivity index (χ3n) is 2.55. The molecule has 16 heavy (non-hydrogen) atoms. The maximum atomic E-state index is 12.9. The van der Waals surface area contributed by atoms with Crippen LogP contribution in [0.25, 0.3) is 0 Å². The van der Waals surface area contributed by atoms with Crippen molar-refractivity contribution >= 4 is 5.91 Å². The zero-order chi connectivity index (χ0) is 11.5. The quantitative estimate of drug-likeness (QED) is 0.574. The fourth-order valence-corrected chi connectivity index (χ4v) is 1.62. The molecule has 1 amide bonds. The van der Waals surface area contributed by atoms with Crippen LogP contribution in [0.4, 0.5) is 4.39 Å². The van der Waals surface area contributed by atoms with E-state index in [0.717, 1.165) is 12.8 Å². The molecule has 4 heteroatoms. The van der Waals surface area contributed by atoms with Crippen LogP contribution in [0.15, 0.2) is 31.0 Å². The minimum absolute atomic E-state index is 0.149. The smallest absolute Gasteiger partial charge is 0.254 e. The number of carbonyl (C=O) groups excluding carboxylic acids is 1. The van der Waals surface area contributed by atoms with Gasteiger partial charge in [-0.1, -0.05) is 6.08 Å². The molecule has 0 unspecified atom stereocenters. The van der Waals surface area contributed by atoms with E-state index in [1.54, 1.807) is 11.0 Å². The number of halogens is 1. The van der Waals surface area contributed by atoms with Crippen LogP contribution in [0, 0.1) is 5.95 Å². The summed E-state index contributed by atoms with van der Waals surface area (Å²) in [6.45, 7) is 4.13. The number of aromatic nitrogens is 1. The largest absolute Gasteiger partial charge is 0.332 e. The third kappa shape index (κ3) is 2.27. The second-order valence-corrected chi connectivity index (χ2v) is 3.84. The summed E-state index contributed by atoms with van der Waals surface area (Å²) in [6, 6.07) is 2.99. The fourth-order valence-electron chi connectivity index (χ4n) is 1.62. The Bertz CT molecular complexity index is 415. The van der Waals surface area contributed by atoms with E-state index < -0.39 is 5.95 Å². The molecule has 0 bridgehead atoms. The van der Waals surface area contributed by atoms with Gasteiger partial charge >= 0.3 is 0 Å². The van der Waals surface area contributed by atoms with Gasteiger partial charge in [-0.25, -0.2) is 4.98 Å². The monoisotopic (exact) mass is 220 g/mol. The Labute approximate surface area is 93.6 Å². The summed E-state index contributed by atoms with van der Waals surface area (Å²) in [5, 5.41) is 0. The van der Waals surface area contributed by atoms with Gasteiger partial charge in [0.2, 0.25) is 5.95 Å². The van der Waals surface area contributed by atoms with Gasteiger partial charge in [-0.05, 0) is 18.9 Å². The highest BCUT2D eigenvalue weighted by molar-refractivity contribution is 5.94. The molecule has 0 atom stereocenters. The average Bonchev–Trinajstić information content (AvgIpc) is 3.09. The van der Waals surface area contributed by atoms with Gasteiger partial charge in [0.1, 0.15) is 0 Å². The van der Waals surface area contributed by atoms with Crippen molar-refractivity contribution in [3.8, 4) is 0 Å². The summed E-state index contributed by atoms with van der Waals surface area (Å²) in [4.78, 5) is 17.2. The molecular weight excluding hydrogens is 207 g/mol. The normalized spacial score (nSPS) is 14.6. The molecule has 1 fully saturated rings. The highest BCUT2D eigenvalue weighted by atomic mass is 19.1. The lowest BCUT2D eigenvalue weighted by atomic mass is 10.2. The number of hydrogen-bond acceptors (Lipinski definition) is 2. The molecule has 0 saturated heterocycles. The zero-order valence-corrected chi connectivity index (χ0v) is 8.90. The van der Waals surface area contributed by atoms with E-state index in [4.69, 9.17) is 0 Å². The lowest BCUT2D eigenvalue weighted by Crippen LogP contribution is -2.33. The van der Waals surface area contributed by atoms with Crippen molar-refractivity contribution in [3.63, 3.8) is 0 Å². The Morgan fingerprint density at radius 3 is 3.00 bits per heavy atom. The van der Waals surface area contributed by atoms with E-state index in [2.05, 4.69) is 11.6 Å². The highest BCUT2D eigenvalue weighted by Gasteiger charge is 2.32. The zero-order valence-electron chi connectivity index (χ0n) is 8.90. The number of pyridine rings is 1. The van der Waals surface area contributed by atoms with E-state index in [-0.39, 0.29) is 5.91 Å². The van der Waals surface area contributed by atoms with Crippen LogP contribution in [0.3, 0.4) is 0 Å². The van der Waals surface area contributed by atoms with Crippen LogP contribution >= 0.6 is 0 Å². The molecule has 1 aromatic rings. The Kier molecular flexibility index (Phi) is 2.99. The molecule has 1 saturated carbocycles. The summed E-state index contributed by atoms with van der Waals surface area (Å²) in [5.41, 5.74) is 0.348. The second-order valence-electron chi connectivity index (χ2n) is 3.84. The number of rotatable bonds is 4. The van der Waals surface area contributed by atoms with Crippen molar-refractivity contribution in [1.29, 1.82) is 0 Å². The van der Waals surface area contributed by atoms with Gasteiger partial charge in [-0.2, -0.15) is 4.39 Å². The molecule has 2 rings (SSSR count). The summed E-state index contributed by atoms with van der Waals surface area (Å²) >= 11 is 0. The molecule has 1 aliphatic rings. The minimum Gasteiger partial charge on any atom is -0.332 e. The summed E-state index contributed by atoms with van der Waals surface area (Å²) in [6.07, 6.45) is 5.04. The molecular formula is C12H13FN2O. The molecule has 0 aromatic carbocycles. The van der Waals surface area contributed by atoms with E-state index in [0.29, 0.717) is 18.2 Å². The predicted octanol–water partition coefficient (Wildman–Crippen LogP) is 2.01. The molecule has 0 aliphatic heterocycles. The summed E-state index contributed by atoms with van der Waals surface area (Å²) in [7, 11) is 0. The third-order valence-corrected chi connectivity index (χ3v) is 2.55. The van der Waals surface area contributed by atoms with Crippen LogP contribution in [-0.4, -0.2) is 28.4 Å². The Hall–Kier alpha value is -1.71. The maximum absolute atomic E-state index is 12.9. The van der Waals surface area contributed by atoms with Gasteiger partial charge in [0.15, 0.2) is 0 Å². The Morgan fingerprint density at radius 2 is 2.44 bits per heavy atom. The van der Waals surface area contributed by atoms with Crippen LogP contribution in [0.1, 0.15) is 23.2 Å².